The Kier molecular flexibility index (Phi) is 6.87. The summed E-state index contributed by atoms with van der Waals surface area (Å²) < 4.78 is 0. The minimum atomic E-state index is -1.28. The molecule has 1 saturated heterocycles. The van der Waals surface area contributed by atoms with Crippen molar-refractivity contribution in [3.05, 3.63) is 33.3 Å². The number of carbonyl (C=O) groups is 4. The minimum absolute atomic E-state index is 0.0539. The van der Waals surface area contributed by atoms with E-state index in [1.807, 2.05) is 0 Å². The number of anilines is 1. The average molecular weight is 485 g/mol. The molecule has 0 aromatic carbocycles. The van der Waals surface area contributed by atoms with Crippen molar-refractivity contribution < 1.29 is 29.5 Å². The van der Waals surface area contributed by atoms with Gasteiger partial charge in [-0.3, -0.25) is 19.3 Å². The number of hydrogen-bond acceptors (Lipinski definition) is 11. The first kappa shape index (κ1) is 22.6. The molecule has 3 amide bonds. The molecule has 6 N–H and O–H groups in total. The number of nitrogens with one attached hydrogen (secondary N) is 2. The molecule has 1 fully saturated rings. The number of aromatic nitrogens is 1. The molecule has 0 bridgehead atoms. The molecule has 1 aromatic rings. The third-order valence-corrected chi connectivity index (χ3v) is 7.10. The first-order valence-electron chi connectivity index (χ1n) is 8.48. The number of carboxylic acid groups (broad SMARTS) is 1. The molecule has 0 aliphatic carbocycles. The standard InChI is InChI=1S/C16H16N6O6S3/c1-6(23)18-2-3-29-8-5-30-14-10(13(25)22(14)11(8)15(26)27)20-12(24)9(21-28)7-4-31-16(17)19-7/h2-4,10,14,28H,5H2,1H3,(H2,17,19)(H,18,23)(H,20,24)(H,26,27)/b3-2-,21-9-/t10?,14-/m1/s1. The van der Waals surface area contributed by atoms with E-state index in [9.17, 15) is 29.5 Å². The molecule has 0 radical (unpaired) electrons. The van der Waals surface area contributed by atoms with E-state index in [2.05, 4.69) is 20.8 Å². The smallest absolute Gasteiger partial charge is 0.353 e. The van der Waals surface area contributed by atoms with E-state index in [-0.39, 0.29) is 28.2 Å². The zero-order valence-electron chi connectivity index (χ0n) is 15.8. The van der Waals surface area contributed by atoms with E-state index in [1.165, 1.54) is 35.7 Å². The molecule has 0 saturated carbocycles. The van der Waals surface area contributed by atoms with Gasteiger partial charge in [-0.15, -0.1) is 23.1 Å². The zero-order valence-corrected chi connectivity index (χ0v) is 18.2. The summed E-state index contributed by atoms with van der Waals surface area (Å²) in [6, 6.07) is -0.999. The van der Waals surface area contributed by atoms with Crippen LogP contribution in [0.3, 0.4) is 0 Å². The predicted octanol–water partition coefficient (Wildman–Crippen LogP) is -0.0598. The first-order valence-corrected chi connectivity index (χ1v) is 11.3. The number of thiazole rings is 1. The molecule has 1 aromatic heterocycles. The number of thioether (sulfide) groups is 2. The highest BCUT2D eigenvalue weighted by atomic mass is 32.2. The van der Waals surface area contributed by atoms with Crippen LogP contribution in [-0.2, 0) is 19.2 Å². The lowest BCUT2D eigenvalue weighted by atomic mass is 10.0. The molecule has 2 atom stereocenters. The van der Waals surface area contributed by atoms with Gasteiger partial charge < -0.3 is 26.7 Å². The number of hydrogen-bond donors (Lipinski definition) is 5. The molecule has 1 unspecified atom stereocenters. The molecule has 2 aliphatic rings. The number of oxime groups is 1. The Hall–Kier alpha value is -3.04. The fraction of sp³-hybridized carbons (Fsp3) is 0.250. The van der Waals surface area contributed by atoms with Gasteiger partial charge in [-0.05, 0) is 5.41 Å². The Bertz CT molecular complexity index is 1030. The molecule has 15 heteroatoms. The number of β-lactam (4-membered cyclic amide) rings is 1. The maximum absolute atomic E-state index is 12.6. The monoisotopic (exact) mass is 484 g/mol. The van der Waals surface area contributed by atoms with Crippen molar-refractivity contribution in [2.45, 2.75) is 18.3 Å². The molecule has 31 heavy (non-hydrogen) atoms. The van der Waals surface area contributed by atoms with Crippen LogP contribution in [0.1, 0.15) is 12.6 Å². The van der Waals surface area contributed by atoms with Gasteiger partial charge in [-0.2, -0.15) is 0 Å². The Morgan fingerprint density at radius 3 is 2.77 bits per heavy atom. The van der Waals surface area contributed by atoms with Crippen LogP contribution < -0.4 is 16.4 Å². The second-order valence-corrected chi connectivity index (χ2v) is 9.07. The van der Waals surface area contributed by atoms with E-state index in [1.54, 1.807) is 0 Å². The highest BCUT2D eigenvalue weighted by Gasteiger charge is 2.54. The highest BCUT2D eigenvalue weighted by Crippen LogP contribution is 2.43. The van der Waals surface area contributed by atoms with Gasteiger partial charge in [0.1, 0.15) is 22.8 Å². The van der Waals surface area contributed by atoms with Crippen LogP contribution in [0.2, 0.25) is 0 Å². The zero-order chi connectivity index (χ0) is 22.7. The van der Waals surface area contributed by atoms with E-state index in [0.29, 0.717) is 4.91 Å². The summed E-state index contributed by atoms with van der Waals surface area (Å²) in [6.07, 6.45) is 1.37. The van der Waals surface area contributed by atoms with Gasteiger partial charge in [-0.25, -0.2) is 9.78 Å². The summed E-state index contributed by atoms with van der Waals surface area (Å²) in [5.41, 5.74) is 4.99. The fourth-order valence-corrected chi connectivity index (χ4v) is 5.58. The Morgan fingerprint density at radius 1 is 1.45 bits per heavy atom. The van der Waals surface area contributed by atoms with Crippen LogP contribution in [0, 0.1) is 0 Å². The molecule has 3 heterocycles. The summed E-state index contributed by atoms with van der Waals surface area (Å²) in [5, 5.41) is 29.1. The second-order valence-electron chi connectivity index (χ2n) is 6.08. The van der Waals surface area contributed by atoms with Crippen molar-refractivity contribution >= 4 is 69.4 Å². The lowest BCUT2D eigenvalue weighted by molar-refractivity contribution is -0.150. The topological polar surface area (TPSA) is 187 Å². The van der Waals surface area contributed by atoms with Gasteiger partial charge in [0.25, 0.3) is 11.8 Å². The largest absolute Gasteiger partial charge is 0.477 e. The van der Waals surface area contributed by atoms with Gasteiger partial charge in [-0.1, -0.05) is 16.9 Å². The number of fused-ring (bicyclic) bond motifs is 1. The lowest BCUT2D eigenvalue weighted by Crippen LogP contribution is -2.71. The number of nitrogen functional groups attached to an aromatic ring is 1. The SMILES string of the molecule is CC(=O)N/C=C\SC1=C(C(=O)O)N2C(=O)C(NC(=O)/C(=N\O)c3csc(N)n3)[C@H]2SC1. The first-order chi connectivity index (χ1) is 14.7. The third-order valence-electron chi connectivity index (χ3n) is 4.07. The highest BCUT2D eigenvalue weighted by molar-refractivity contribution is 8.08. The molecule has 12 nitrogen and oxygen atoms in total. The van der Waals surface area contributed by atoms with Crippen LogP contribution in [0.5, 0.6) is 0 Å². The van der Waals surface area contributed by atoms with E-state index in [4.69, 9.17) is 5.73 Å². The average Bonchev–Trinajstić information content (AvgIpc) is 3.14. The maximum atomic E-state index is 12.6. The fourth-order valence-electron chi connectivity index (χ4n) is 2.77. The van der Waals surface area contributed by atoms with E-state index >= 15 is 0 Å². The molecule has 3 rings (SSSR count). The number of nitrogens with zero attached hydrogens (tertiary/aromatic N) is 3. The Balaban J connectivity index is 1.73. The van der Waals surface area contributed by atoms with Crippen molar-refractivity contribution in [3.63, 3.8) is 0 Å². The number of amides is 3. The minimum Gasteiger partial charge on any atom is -0.477 e. The Labute approximate surface area is 187 Å². The van der Waals surface area contributed by atoms with Crippen LogP contribution in [0.4, 0.5) is 5.13 Å². The quantitative estimate of drug-likeness (QED) is 0.152. The number of carbonyl (C=O) groups excluding carboxylic acids is 3. The van der Waals surface area contributed by atoms with Crippen LogP contribution >= 0.6 is 34.9 Å². The number of nitrogens with two attached hydrogens (primary N) is 1. The summed E-state index contributed by atoms with van der Waals surface area (Å²) >= 11 is 3.39. The van der Waals surface area contributed by atoms with Gasteiger partial charge in [0.15, 0.2) is 10.8 Å². The summed E-state index contributed by atoms with van der Waals surface area (Å²) in [6.45, 7) is 1.33. The van der Waals surface area contributed by atoms with Crippen LogP contribution in [0.15, 0.2) is 32.7 Å². The van der Waals surface area contributed by atoms with Crippen LogP contribution in [-0.4, -0.2) is 66.8 Å². The molecular weight excluding hydrogens is 468 g/mol. The number of aliphatic carboxylic acids is 1. The van der Waals surface area contributed by atoms with Gasteiger partial charge in [0.05, 0.1) is 0 Å². The van der Waals surface area contributed by atoms with Crippen molar-refractivity contribution in [1.29, 1.82) is 0 Å². The third kappa shape index (κ3) is 4.67. The molecule has 0 spiro atoms. The van der Waals surface area contributed by atoms with Crippen molar-refractivity contribution in [2.75, 3.05) is 11.5 Å². The number of carboxylic acids is 1. The normalized spacial score (nSPS) is 21.0. The van der Waals surface area contributed by atoms with Crippen LogP contribution in [0.25, 0.3) is 0 Å². The second kappa shape index (κ2) is 9.40. The summed E-state index contributed by atoms with van der Waals surface area (Å²) in [5.74, 6) is -2.73. The van der Waals surface area contributed by atoms with Crippen molar-refractivity contribution in [3.8, 4) is 0 Å². The van der Waals surface area contributed by atoms with E-state index < -0.39 is 34.9 Å². The molecular formula is C16H16N6O6S3. The van der Waals surface area contributed by atoms with Gasteiger partial charge in [0.2, 0.25) is 5.91 Å². The van der Waals surface area contributed by atoms with Gasteiger partial charge >= 0.3 is 5.97 Å². The molecule has 164 valence electrons. The number of rotatable bonds is 7. The predicted molar refractivity (Wildman–Crippen MR) is 115 cm³/mol. The van der Waals surface area contributed by atoms with Gasteiger partial charge in [0, 0.05) is 29.2 Å². The van der Waals surface area contributed by atoms with E-state index in [0.717, 1.165) is 28.0 Å². The lowest BCUT2D eigenvalue weighted by Gasteiger charge is -2.49. The van der Waals surface area contributed by atoms with Crippen molar-refractivity contribution in [2.24, 2.45) is 5.16 Å². The Morgan fingerprint density at radius 2 is 2.19 bits per heavy atom. The summed E-state index contributed by atoms with van der Waals surface area (Å²) in [4.78, 5) is 53.2. The summed E-state index contributed by atoms with van der Waals surface area (Å²) in [7, 11) is 0. The van der Waals surface area contributed by atoms with Crippen molar-refractivity contribution in [1.82, 2.24) is 20.5 Å². The molecule has 2 aliphatic heterocycles. The maximum Gasteiger partial charge on any atom is 0.353 e.